The number of para-hydroxylation sites is 1. The number of halogens is 1. The van der Waals surface area contributed by atoms with E-state index >= 15 is 0 Å². The third kappa shape index (κ3) is 4.85. The molecule has 0 radical (unpaired) electrons. The second kappa shape index (κ2) is 10.8. The maximum Gasteiger partial charge on any atom is 0.337 e. The van der Waals surface area contributed by atoms with Crippen molar-refractivity contribution in [1.29, 1.82) is 0 Å². The number of aromatic amines is 1. The van der Waals surface area contributed by atoms with E-state index < -0.39 is 5.97 Å². The van der Waals surface area contributed by atoms with Crippen LogP contribution < -0.4 is 5.69 Å². The van der Waals surface area contributed by atoms with Crippen molar-refractivity contribution < 1.29 is 9.90 Å². The number of carboxylic acid groups (broad SMARTS) is 1. The van der Waals surface area contributed by atoms with Crippen molar-refractivity contribution in [2.45, 2.75) is 32.7 Å². The molecule has 192 valence electrons. The lowest BCUT2D eigenvalue weighted by molar-refractivity contribution is 0.0697. The number of carbonyl (C=O) groups is 1. The summed E-state index contributed by atoms with van der Waals surface area (Å²) in [5.74, 6) is -0.748. The first-order valence-corrected chi connectivity index (χ1v) is 12.5. The predicted molar refractivity (Wildman–Crippen MR) is 143 cm³/mol. The molecule has 2 N–H and O–H groups in total. The van der Waals surface area contributed by atoms with E-state index in [1.807, 2.05) is 36.4 Å². The van der Waals surface area contributed by atoms with Gasteiger partial charge in [-0.1, -0.05) is 61.3 Å². The first kappa shape index (κ1) is 25.1. The first-order chi connectivity index (χ1) is 18.5. The summed E-state index contributed by atoms with van der Waals surface area (Å²) < 4.78 is 3.02. The minimum Gasteiger partial charge on any atom is -0.478 e. The predicted octanol–water partition coefficient (Wildman–Crippen LogP) is 4.62. The van der Waals surface area contributed by atoms with Crippen LogP contribution in [0.1, 0.15) is 41.4 Å². The van der Waals surface area contributed by atoms with Gasteiger partial charge in [0.25, 0.3) is 0 Å². The third-order valence-corrected chi connectivity index (χ3v) is 6.58. The highest BCUT2D eigenvalue weighted by molar-refractivity contribution is 6.33. The highest BCUT2D eigenvalue weighted by Crippen LogP contribution is 2.28. The summed E-state index contributed by atoms with van der Waals surface area (Å²) in [6.45, 7) is 2.40. The van der Waals surface area contributed by atoms with Gasteiger partial charge in [0.05, 0.1) is 22.8 Å². The SMILES string of the molecule is CCCCc1cn(-c2c(Cl)cccc2C(=O)O)c(=O)n1Cc1ccc(-c2cccnc2-c2nn[nH]n2)cc1. The van der Waals surface area contributed by atoms with Crippen molar-refractivity contribution in [2.75, 3.05) is 0 Å². The molecule has 3 aromatic heterocycles. The number of rotatable bonds is 9. The molecule has 0 spiro atoms. The van der Waals surface area contributed by atoms with E-state index in [2.05, 4.69) is 32.5 Å². The van der Waals surface area contributed by atoms with Crippen molar-refractivity contribution in [2.24, 2.45) is 0 Å². The van der Waals surface area contributed by atoms with Gasteiger partial charge in [-0.25, -0.2) is 9.59 Å². The molecule has 0 saturated carbocycles. The number of hydrogen-bond donors (Lipinski definition) is 2. The van der Waals surface area contributed by atoms with Crippen LogP contribution >= 0.6 is 11.6 Å². The van der Waals surface area contributed by atoms with Gasteiger partial charge in [-0.05, 0) is 47.4 Å². The number of benzene rings is 2. The highest BCUT2D eigenvalue weighted by Gasteiger charge is 2.20. The lowest BCUT2D eigenvalue weighted by Crippen LogP contribution is -2.26. The number of aryl methyl sites for hydroxylation is 1. The number of H-pyrrole nitrogens is 1. The monoisotopic (exact) mass is 529 g/mol. The van der Waals surface area contributed by atoms with E-state index in [1.165, 1.54) is 10.6 Å². The maximum absolute atomic E-state index is 13.6. The molecule has 5 rings (SSSR count). The topological polar surface area (TPSA) is 132 Å². The van der Waals surface area contributed by atoms with Gasteiger partial charge in [0.1, 0.15) is 5.69 Å². The Bertz CT molecular complexity index is 1640. The van der Waals surface area contributed by atoms with Crippen molar-refractivity contribution >= 4 is 17.6 Å². The van der Waals surface area contributed by atoms with Crippen LogP contribution in [0, 0.1) is 0 Å². The summed E-state index contributed by atoms with van der Waals surface area (Å²) in [6, 6.07) is 16.2. The van der Waals surface area contributed by atoms with Crippen LogP contribution in [0.25, 0.3) is 28.3 Å². The van der Waals surface area contributed by atoms with Crippen LogP contribution in [0.15, 0.2) is 71.8 Å². The zero-order chi connectivity index (χ0) is 26.6. The van der Waals surface area contributed by atoms with E-state index in [4.69, 9.17) is 11.6 Å². The van der Waals surface area contributed by atoms with E-state index in [9.17, 15) is 14.7 Å². The zero-order valence-corrected chi connectivity index (χ0v) is 21.3. The van der Waals surface area contributed by atoms with Crippen LogP contribution in [-0.4, -0.2) is 45.8 Å². The average Bonchev–Trinajstić information content (AvgIpc) is 3.57. The molecule has 0 aliphatic heterocycles. The van der Waals surface area contributed by atoms with Crippen LogP contribution in [0.5, 0.6) is 0 Å². The van der Waals surface area contributed by atoms with E-state index in [-0.39, 0.29) is 22.0 Å². The summed E-state index contributed by atoms with van der Waals surface area (Å²) >= 11 is 6.38. The van der Waals surface area contributed by atoms with Gasteiger partial charge in [-0.15, -0.1) is 10.2 Å². The molecule has 0 amide bonds. The Kier molecular flexibility index (Phi) is 7.14. The van der Waals surface area contributed by atoms with Gasteiger partial charge in [0, 0.05) is 23.7 Å². The lowest BCUT2D eigenvalue weighted by Gasteiger charge is -2.10. The molecule has 0 aliphatic rings. The molecule has 11 heteroatoms. The second-order valence-electron chi connectivity index (χ2n) is 8.74. The molecule has 0 bridgehead atoms. The highest BCUT2D eigenvalue weighted by atomic mass is 35.5. The van der Waals surface area contributed by atoms with Gasteiger partial charge in [-0.2, -0.15) is 5.21 Å². The molecular weight excluding hydrogens is 506 g/mol. The minimum atomic E-state index is -1.15. The Balaban J connectivity index is 1.51. The molecule has 3 heterocycles. The Morgan fingerprint density at radius 1 is 1.11 bits per heavy atom. The second-order valence-corrected chi connectivity index (χ2v) is 9.14. The molecule has 5 aromatic rings. The van der Waals surface area contributed by atoms with Crippen LogP contribution in [0.4, 0.5) is 0 Å². The fraction of sp³-hybridized carbons (Fsp3) is 0.185. The van der Waals surface area contributed by atoms with Crippen LogP contribution in [-0.2, 0) is 13.0 Å². The molecule has 0 aliphatic carbocycles. The Morgan fingerprint density at radius 3 is 2.63 bits per heavy atom. The Hall–Kier alpha value is -4.57. The molecule has 0 fully saturated rings. The third-order valence-electron chi connectivity index (χ3n) is 6.28. The summed E-state index contributed by atoms with van der Waals surface area (Å²) in [6.07, 6.45) is 5.89. The normalized spacial score (nSPS) is 11.1. The summed E-state index contributed by atoms with van der Waals surface area (Å²) in [7, 11) is 0. The Labute approximate surface area is 222 Å². The molecule has 0 unspecified atom stereocenters. The molecule has 0 saturated heterocycles. The smallest absolute Gasteiger partial charge is 0.337 e. The quantitative estimate of drug-likeness (QED) is 0.284. The first-order valence-electron chi connectivity index (χ1n) is 12.1. The average molecular weight is 530 g/mol. The summed E-state index contributed by atoms with van der Waals surface area (Å²) in [5.41, 5.74) is 3.90. The van der Waals surface area contributed by atoms with Gasteiger partial charge in [0.15, 0.2) is 0 Å². The molecule has 0 atom stereocenters. The number of nitrogens with one attached hydrogen (secondary N) is 1. The number of pyridine rings is 1. The van der Waals surface area contributed by atoms with Gasteiger partial charge in [0.2, 0.25) is 5.82 Å². The largest absolute Gasteiger partial charge is 0.478 e. The zero-order valence-electron chi connectivity index (χ0n) is 20.5. The number of aromatic nitrogens is 7. The van der Waals surface area contributed by atoms with Crippen molar-refractivity contribution in [3.05, 3.63) is 99.3 Å². The van der Waals surface area contributed by atoms with E-state index in [0.717, 1.165) is 35.2 Å². The standard InChI is InChI=1S/C27H24ClN7O3/c1-2-3-6-19-16-35(24-21(26(36)37)7-4-9-22(24)28)27(38)34(19)15-17-10-12-18(13-11-17)20-8-5-14-29-23(20)25-30-32-33-31-25/h4-5,7-14,16H,2-3,6,15H2,1H3,(H,36,37)(H,30,31,32,33). The van der Waals surface area contributed by atoms with Crippen molar-refractivity contribution in [1.82, 2.24) is 34.7 Å². The molecule has 10 nitrogen and oxygen atoms in total. The number of imidazole rings is 1. The fourth-order valence-electron chi connectivity index (χ4n) is 4.40. The van der Waals surface area contributed by atoms with E-state index in [0.29, 0.717) is 24.5 Å². The number of unbranched alkanes of at least 4 members (excludes halogenated alkanes) is 1. The van der Waals surface area contributed by atoms with Gasteiger partial charge >= 0.3 is 11.7 Å². The van der Waals surface area contributed by atoms with Gasteiger partial charge in [-0.3, -0.25) is 14.1 Å². The van der Waals surface area contributed by atoms with Gasteiger partial charge < -0.3 is 5.11 Å². The number of nitrogens with zero attached hydrogens (tertiary/aromatic N) is 6. The molecule has 2 aromatic carbocycles. The van der Waals surface area contributed by atoms with Crippen molar-refractivity contribution in [3.8, 4) is 28.3 Å². The summed E-state index contributed by atoms with van der Waals surface area (Å²) in [4.78, 5) is 29.9. The molecular formula is C27H24ClN7O3. The fourth-order valence-corrected chi connectivity index (χ4v) is 4.66. The number of aromatic carboxylic acids is 1. The number of hydrogen-bond acceptors (Lipinski definition) is 6. The number of tetrazole rings is 1. The van der Waals surface area contributed by atoms with Crippen molar-refractivity contribution in [3.63, 3.8) is 0 Å². The summed E-state index contributed by atoms with van der Waals surface area (Å²) in [5, 5.41) is 24.1. The van der Waals surface area contributed by atoms with E-state index in [1.54, 1.807) is 29.1 Å². The minimum absolute atomic E-state index is 0.0305. The number of carboxylic acids is 1. The molecule has 38 heavy (non-hydrogen) atoms. The van der Waals surface area contributed by atoms with Crippen LogP contribution in [0.3, 0.4) is 0 Å². The Morgan fingerprint density at radius 2 is 1.92 bits per heavy atom. The lowest BCUT2D eigenvalue weighted by atomic mass is 10.0. The maximum atomic E-state index is 13.6. The van der Waals surface area contributed by atoms with Crippen LogP contribution in [0.2, 0.25) is 5.02 Å².